The van der Waals surface area contributed by atoms with Gasteiger partial charge in [0, 0.05) is 49.0 Å². The van der Waals surface area contributed by atoms with Crippen LogP contribution in [0.1, 0.15) is 87.2 Å². The number of para-hydroxylation sites is 2. The smallest absolute Gasteiger partial charge is 0.143 e. The molecule has 0 radical (unpaired) electrons. The van der Waals surface area contributed by atoms with E-state index in [1.807, 2.05) is 6.20 Å². The lowest BCUT2D eigenvalue weighted by Gasteiger charge is -2.22. The Bertz CT molecular complexity index is 3140. The summed E-state index contributed by atoms with van der Waals surface area (Å²) in [5.74, 6) is 0.994. The predicted octanol–water partition coefficient (Wildman–Crippen LogP) is 15.2. The summed E-state index contributed by atoms with van der Waals surface area (Å²) in [5.41, 5.74) is 12.7. The average Bonchev–Trinajstić information content (AvgIpc) is 3.84. The highest BCUT2D eigenvalue weighted by atomic mass is 16.3. The Kier molecular flexibility index (Phi) is 7.36. The molecule has 3 heterocycles. The van der Waals surface area contributed by atoms with Crippen molar-refractivity contribution in [3.05, 3.63) is 133 Å². The van der Waals surface area contributed by atoms with Gasteiger partial charge in [-0.3, -0.25) is 4.98 Å². The van der Waals surface area contributed by atoms with Crippen LogP contribution in [-0.2, 0) is 0 Å². The minimum absolute atomic E-state index is 0.417. The lowest BCUT2D eigenvalue weighted by molar-refractivity contribution is 0.438. The van der Waals surface area contributed by atoms with Crippen LogP contribution in [0.4, 0.5) is 0 Å². The van der Waals surface area contributed by atoms with Crippen LogP contribution < -0.4 is 0 Å². The van der Waals surface area contributed by atoms with Gasteiger partial charge in [0.15, 0.2) is 0 Å². The van der Waals surface area contributed by atoms with Gasteiger partial charge in [0.1, 0.15) is 22.3 Å². The fourth-order valence-electron chi connectivity index (χ4n) is 10.6. The topological polar surface area (TPSA) is 52.1 Å². The molecule has 0 atom stereocenters. The zero-order chi connectivity index (χ0) is 36.7. The number of fused-ring (bicyclic) bond motifs is 12. The molecule has 7 aromatic carbocycles. The van der Waals surface area contributed by atoms with E-state index in [0.29, 0.717) is 11.8 Å². The van der Waals surface area contributed by atoms with E-state index in [9.17, 15) is 0 Å². The number of hydrogen-bond acceptors (Lipinski definition) is 4. The molecule has 12 rings (SSSR count). The molecular weight excluding hydrogens is 685 g/mol. The summed E-state index contributed by atoms with van der Waals surface area (Å²) < 4.78 is 14.3. The molecule has 0 aliphatic heterocycles. The van der Waals surface area contributed by atoms with Gasteiger partial charge in [-0.2, -0.15) is 0 Å². The van der Waals surface area contributed by atoms with E-state index in [-0.39, 0.29) is 0 Å². The SMILES string of the molecule is c1cc(-c2cnc3c4ccccc4c4ccccc4c3n2)cc(-c2cccc3c2oc2c(C4CCCCC4)c4oc5c(C6CCCCC6)cccc5c4cc23)c1. The summed E-state index contributed by atoms with van der Waals surface area (Å²) in [5, 5.41) is 9.48. The van der Waals surface area contributed by atoms with Crippen LogP contribution in [0.2, 0.25) is 0 Å². The first kappa shape index (κ1) is 32.3. The number of aromatic nitrogens is 2. The molecule has 0 N–H and O–H groups in total. The maximum absolute atomic E-state index is 7.18. The number of benzene rings is 7. The highest BCUT2D eigenvalue weighted by molar-refractivity contribution is 6.23. The number of hydrogen-bond donors (Lipinski definition) is 0. The van der Waals surface area contributed by atoms with Crippen LogP contribution >= 0.6 is 0 Å². The quantitative estimate of drug-likeness (QED) is 0.169. The molecule has 3 aromatic heterocycles. The third-order valence-electron chi connectivity index (χ3n) is 13.3. The van der Waals surface area contributed by atoms with E-state index >= 15 is 0 Å². The van der Waals surface area contributed by atoms with Crippen molar-refractivity contribution >= 4 is 76.5 Å². The summed E-state index contributed by atoms with van der Waals surface area (Å²) in [6.45, 7) is 0. The number of furan rings is 2. The van der Waals surface area contributed by atoms with Gasteiger partial charge < -0.3 is 8.83 Å². The molecule has 0 amide bonds. The molecule has 4 nitrogen and oxygen atoms in total. The van der Waals surface area contributed by atoms with Gasteiger partial charge in [-0.1, -0.05) is 142 Å². The molecule has 0 spiro atoms. The third-order valence-corrected chi connectivity index (χ3v) is 13.3. The number of nitrogens with zero attached hydrogens (tertiary/aromatic N) is 2. The molecule has 2 aliphatic rings. The van der Waals surface area contributed by atoms with Crippen LogP contribution in [0.3, 0.4) is 0 Å². The van der Waals surface area contributed by atoms with Crippen molar-refractivity contribution in [1.82, 2.24) is 9.97 Å². The fourth-order valence-corrected chi connectivity index (χ4v) is 10.6. The highest BCUT2D eigenvalue weighted by Gasteiger charge is 2.29. The van der Waals surface area contributed by atoms with Crippen molar-refractivity contribution in [1.29, 1.82) is 0 Å². The monoisotopic (exact) mass is 726 g/mol. The van der Waals surface area contributed by atoms with Gasteiger partial charge in [-0.15, -0.1) is 0 Å². The Morgan fingerprint density at radius 1 is 0.429 bits per heavy atom. The Balaban J connectivity index is 1.04. The first-order chi connectivity index (χ1) is 27.8. The predicted molar refractivity (Wildman–Crippen MR) is 232 cm³/mol. The molecular formula is C52H42N2O2. The van der Waals surface area contributed by atoms with Gasteiger partial charge in [0.2, 0.25) is 0 Å². The second-order valence-corrected chi connectivity index (χ2v) is 16.4. The molecule has 272 valence electrons. The van der Waals surface area contributed by atoms with Crippen molar-refractivity contribution < 1.29 is 8.83 Å². The lowest BCUT2D eigenvalue weighted by atomic mass is 9.82. The molecule has 0 saturated heterocycles. The van der Waals surface area contributed by atoms with E-state index in [0.717, 1.165) is 71.9 Å². The van der Waals surface area contributed by atoms with E-state index in [1.165, 1.54) is 102 Å². The highest BCUT2D eigenvalue weighted by Crippen LogP contribution is 2.49. The van der Waals surface area contributed by atoms with E-state index < -0.39 is 0 Å². The van der Waals surface area contributed by atoms with Crippen LogP contribution in [0.15, 0.2) is 130 Å². The van der Waals surface area contributed by atoms with Crippen molar-refractivity contribution in [3.8, 4) is 22.4 Å². The lowest BCUT2D eigenvalue weighted by Crippen LogP contribution is -2.05. The van der Waals surface area contributed by atoms with Crippen LogP contribution in [-0.4, -0.2) is 9.97 Å². The van der Waals surface area contributed by atoms with E-state index in [1.54, 1.807) is 0 Å². The summed E-state index contributed by atoms with van der Waals surface area (Å²) in [7, 11) is 0. The Morgan fingerprint density at radius 2 is 1.00 bits per heavy atom. The van der Waals surface area contributed by atoms with E-state index in [2.05, 4.69) is 115 Å². The molecule has 0 bridgehead atoms. The molecule has 0 unspecified atom stereocenters. The fraction of sp³-hybridized carbons (Fsp3) is 0.231. The van der Waals surface area contributed by atoms with Gasteiger partial charge in [-0.05, 0) is 71.6 Å². The standard InChI is InChI=1S/C52H42N2O2/c1-3-14-31(15-4-1)35-24-12-26-41-43-29-44-42-27-13-25-36(50(42)56-52(44)46(51(43)55-49(35)41)32-16-5-2-6-17-32)33-18-11-19-34(28-33)45-30-53-47-39-22-9-7-20-37(39)38-21-8-10-23-40(38)48(47)54-45/h7-13,18-32H,1-6,14-17H2. The third kappa shape index (κ3) is 4.91. The average molecular weight is 727 g/mol. The van der Waals surface area contributed by atoms with Gasteiger partial charge in [0.05, 0.1) is 22.9 Å². The normalized spacial score (nSPS) is 16.1. The van der Waals surface area contributed by atoms with Gasteiger partial charge >= 0.3 is 0 Å². The first-order valence-corrected chi connectivity index (χ1v) is 20.8. The molecule has 56 heavy (non-hydrogen) atoms. The molecule has 2 fully saturated rings. The summed E-state index contributed by atoms with van der Waals surface area (Å²) in [4.78, 5) is 10.4. The molecule has 10 aromatic rings. The van der Waals surface area contributed by atoms with Gasteiger partial charge in [-0.25, -0.2) is 4.98 Å². The Morgan fingerprint density at radius 3 is 1.73 bits per heavy atom. The zero-order valence-electron chi connectivity index (χ0n) is 31.5. The Labute approximate surface area is 325 Å². The first-order valence-electron chi connectivity index (χ1n) is 20.8. The molecule has 2 aliphatic carbocycles. The Hall–Kier alpha value is -6.00. The maximum Gasteiger partial charge on any atom is 0.143 e. The van der Waals surface area contributed by atoms with Crippen molar-refractivity contribution in [2.75, 3.05) is 0 Å². The maximum atomic E-state index is 7.18. The van der Waals surface area contributed by atoms with Crippen LogP contribution in [0.5, 0.6) is 0 Å². The van der Waals surface area contributed by atoms with Crippen LogP contribution in [0.25, 0.3) is 98.8 Å². The van der Waals surface area contributed by atoms with E-state index in [4.69, 9.17) is 18.8 Å². The minimum atomic E-state index is 0.417. The van der Waals surface area contributed by atoms with Crippen molar-refractivity contribution in [2.45, 2.75) is 76.0 Å². The second kappa shape index (κ2) is 12.8. The van der Waals surface area contributed by atoms with Crippen molar-refractivity contribution in [3.63, 3.8) is 0 Å². The second-order valence-electron chi connectivity index (χ2n) is 16.4. The largest absolute Gasteiger partial charge is 0.455 e. The summed E-state index contributed by atoms with van der Waals surface area (Å²) in [6, 6.07) is 41.6. The molecule has 4 heteroatoms. The van der Waals surface area contributed by atoms with Crippen molar-refractivity contribution in [2.24, 2.45) is 0 Å². The minimum Gasteiger partial charge on any atom is -0.455 e. The zero-order valence-corrected chi connectivity index (χ0v) is 31.5. The van der Waals surface area contributed by atoms with Gasteiger partial charge in [0.25, 0.3) is 0 Å². The number of rotatable bonds is 4. The summed E-state index contributed by atoms with van der Waals surface area (Å²) in [6.07, 6.45) is 14.5. The summed E-state index contributed by atoms with van der Waals surface area (Å²) >= 11 is 0. The molecule has 2 saturated carbocycles. The van der Waals surface area contributed by atoms with Crippen LogP contribution in [0, 0.1) is 0 Å².